The minimum Gasteiger partial charge on any atom is -0.334 e. The van der Waals surface area contributed by atoms with Gasteiger partial charge in [-0.1, -0.05) is 0 Å². The van der Waals surface area contributed by atoms with E-state index in [1.807, 2.05) is 19.4 Å². The van der Waals surface area contributed by atoms with Crippen LogP contribution in [0.25, 0.3) is 0 Å². The molecule has 94 valence electrons. The molecule has 2 aromatic heterocycles. The van der Waals surface area contributed by atoms with Crippen LogP contribution in [0, 0.1) is 6.92 Å². The van der Waals surface area contributed by atoms with Crippen molar-refractivity contribution in [1.29, 1.82) is 0 Å². The summed E-state index contributed by atoms with van der Waals surface area (Å²) in [6.07, 6.45) is 4.14. The number of hydrogen-bond donors (Lipinski definition) is 1. The molecule has 0 aliphatic carbocycles. The summed E-state index contributed by atoms with van der Waals surface area (Å²) in [5.74, 6) is 0.134. The lowest BCUT2D eigenvalue weighted by molar-refractivity contribution is -0.116. The quantitative estimate of drug-likeness (QED) is 0.902. The zero-order valence-corrected chi connectivity index (χ0v) is 11.1. The molecule has 5 nitrogen and oxygen atoms in total. The SMILES string of the molecule is CCn1cncc1C1CC(=O)Nc2snc(C)c21. The molecule has 0 saturated heterocycles. The summed E-state index contributed by atoms with van der Waals surface area (Å²) in [5, 5.41) is 3.78. The average Bonchev–Trinajstić information content (AvgIpc) is 2.95. The fraction of sp³-hybridized carbons (Fsp3) is 0.417. The van der Waals surface area contributed by atoms with Gasteiger partial charge in [0, 0.05) is 36.3 Å². The van der Waals surface area contributed by atoms with Gasteiger partial charge in [0.15, 0.2) is 0 Å². The van der Waals surface area contributed by atoms with Crippen LogP contribution in [0.1, 0.15) is 36.2 Å². The summed E-state index contributed by atoms with van der Waals surface area (Å²) in [6.45, 7) is 4.93. The lowest BCUT2D eigenvalue weighted by atomic mass is 9.90. The molecule has 0 bridgehead atoms. The van der Waals surface area contributed by atoms with E-state index in [2.05, 4.69) is 26.2 Å². The first-order valence-corrected chi connectivity index (χ1v) is 6.74. The third-order valence-corrected chi connectivity index (χ3v) is 4.21. The van der Waals surface area contributed by atoms with E-state index in [9.17, 15) is 4.79 Å². The number of aromatic nitrogens is 3. The summed E-state index contributed by atoms with van der Waals surface area (Å²) in [6, 6.07) is 0. The molecule has 0 saturated carbocycles. The summed E-state index contributed by atoms with van der Waals surface area (Å²) >= 11 is 1.36. The predicted octanol–water partition coefficient (Wildman–Crippen LogP) is 2.14. The molecule has 1 N–H and O–H groups in total. The Labute approximate surface area is 109 Å². The molecule has 0 aromatic carbocycles. The topological polar surface area (TPSA) is 59.8 Å². The van der Waals surface area contributed by atoms with Crippen LogP contribution in [0.5, 0.6) is 0 Å². The van der Waals surface area contributed by atoms with Crippen molar-refractivity contribution in [3.63, 3.8) is 0 Å². The monoisotopic (exact) mass is 262 g/mol. The minimum absolute atomic E-state index is 0.0556. The lowest BCUT2D eigenvalue weighted by Gasteiger charge is -2.23. The van der Waals surface area contributed by atoms with E-state index in [0.717, 1.165) is 28.5 Å². The van der Waals surface area contributed by atoms with Gasteiger partial charge in [-0.05, 0) is 25.4 Å². The molecule has 3 heterocycles. The number of nitrogens with zero attached hydrogens (tertiary/aromatic N) is 3. The Balaban J connectivity index is 2.12. The van der Waals surface area contributed by atoms with E-state index in [1.165, 1.54) is 11.5 Å². The van der Waals surface area contributed by atoms with Crippen LogP contribution < -0.4 is 5.32 Å². The van der Waals surface area contributed by atoms with Crippen LogP contribution in [0.2, 0.25) is 0 Å². The van der Waals surface area contributed by atoms with Crippen molar-refractivity contribution in [2.45, 2.75) is 32.7 Å². The number of nitrogens with one attached hydrogen (secondary N) is 1. The zero-order chi connectivity index (χ0) is 12.7. The Morgan fingerprint density at radius 1 is 1.61 bits per heavy atom. The first kappa shape index (κ1) is 11.4. The molecule has 1 atom stereocenters. The molecule has 0 fully saturated rings. The van der Waals surface area contributed by atoms with Gasteiger partial charge in [-0.15, -0.1) is 0 Å². The van der Waals surface area contributed by atoms with E-state index in [1.54, 1.807) is 0 Å². The van der Waals surface area contributed by atoms with Crippen LogP contribution in [-0.2, 0) is 11.3 Å². The molecule has 3 rings (SSSR count). The highest BCUT2D eigenvalue weighted by atomic mass is 32.1. The number of amides is 1. The van der Waals surface area contributed by atoms with Crippen LogP contribution >= 0.6 is 11.5 Å². The highest BCUT2D eigenvalue weighted by Gasteiger charge is 2.32. The van der Waals surface area contributed by atoms with Crippen molar-refractivity contribution >= 4 is 22.4 Å². The highest BCUT2D eigenvalue weighted by molar-refractivity contribution is 7.10. The Hall–Kier alpha value is -1.69. The second kappa shape index (κ2) is 4.20. The molecule has 0 radical (unpaired) electrons. The average molecular weight is 262 g/mol. The van der Waals surface area contributed by atoms with Gasteiger partial charge in [-0.25, -0.2) is 4.98 Å². The number of fused-ring (bicyclic) bond motifs is 1. The number of rotatable bonds is 2. The maximum atomic E-state index is 11.8. The third kappa shape index (κ3) is 1.64. The molecule has 18 heavy (non-hydrogen) atoms. The van der Waals surface area contributed by atoms with Gasteiger partial charge in [0.05, 0.1) is 12.0 Å². The summed E-state index contributed by atoms with van der Waals surface area (Å²) in [4.78, 5) is 16.0. The summed E-state index contributed by atoms with van der Waals surface area (Å²) in [7, 11) is 0. The van der Waals surface area contributed by atoms with Crippen molar-refractivity contribution in [2.24, 2.45) is 0 Å². The lowest BCUT2D eigenvalue weighted by Crippen LogP contribution is -2.24. The maximum absolute atomic E-state index is 11.8. The normalized spacial score (nSPS) is 18.6. The van der Waals surface area contributed by atoms with E-state index in [4.69, 9.17) is 0 Å². The second-order valence-electron chi connectivity index (χ2n) is 4.42. The molecule has 1 aliphatic heterocycles. The third-order valence-electron chi connectivity index (χ3n) is 3.34. The molecule has 2 aromatic rings. The van der Waals surface area contributed by atoms with Crippen LogP contribution in [0.15, 0.2) is 12.5 Å². The van der Waals surface area contributed by atoms with Crippen molar-refractivity contribution in [3.8, 4) is 0 Å². The number of hydrogen-bond acceptors (Lipinski definition) is 4. The number of aryl methyl sites for hydroxylation is 2. The molecule has 0 spiro atoms. The molecular formula is C12H14N4OS. The zero-order valence-electron chi connectivity index (χ0n) is 10.3. The fourth-order valence-electron chi connectivity index (χ4n) is 2.48. The Morgan fingerprint density at radius 3 is 3.22 bits per heavy atom. The second-order valence-corrected chi connectivity index (χ2v) is 5.19. The van der Waals surface area contributed by atoms with Gasteiger partial charge >= 0.3 is 0 Å². The van der Waals surface area contributed by atoms with Gasteiger partial charge in [0.2, 0.25) is 5.91 Å². The Bertz CT molecular complexity index is 601. The maximum Gasteiger partial charge on any atom is 0.226 e. The molecular weight excluding hydrogens is 248 g/mol. The standard InChI is InChI=1S/C12H14N4OS/c1-3-16-6-13-5-9(16)8-4-10(17)14-12-11(8)7(2)15-18-12/h5-6,8H,3-4H2,1-2H3,(H,14,17). The van der Waals surface area contributed by atoms with Crippen LogP contribution in [0.3, 0.4) is 0 Å². The van der Waals surface area contributed by atoms with E-state index < -0.39 is 0 Å². The summed E-state index contributed by atoms with van der Waals surface area (Å²) in [5.41, 5.74) is 3.25. The first-order valence-electron chi connectivity index (χ1n) is 5.96. The van der Waals surface area contributed by atoms with Crippen molar-refractivity contribution in [2.75, 3.05) is 5.32 Å². The first-order chi connectivity index (χ1) is 8.70. The van der Waals surface area contributed by atoms with Crippen molar-refractivity contribution < 1.29 is 4.79 Å². The predicted molar refractivity (Wildman–Crippen MR) is 69.8 cm³/mol. The number of carbonyl (C=O) groups is 1. The number of imidazole rings is 1. The number of anilines is 1. The smallest absolute Gasteiger partial charge is 0.226 e. The van der Waals surface area contributed by atoms with Crippen molar-refractivity contribution in [3.05, 3.63) is 29.5 Å². The minimum atomic E-state index is 0.0556. The van der Waals surface area contributed by atoms with Gasteiger partial charge < -0.3 is 9.88 Å². The van der Waals surface area contributed by atoms with E-state index in [0.29, 0.717) is 6.42 Å². The largest absolute Gasteiger partial charge is 0.334 e. The molecule has 1 aliphatic rings. The highest BCUT2D eigenvalue weighted by Crippen LogP contribution is 2.40. The molecule has 1 unspecified atom stereocenters. The van der Waals surface area contributed by atoms with Gasteiger partial charge in [-0.3, -0.25) is 4.79 Å². The van der Waals surface area contributed by atoms with Crippen molar-refractivity contribution in [1.82, 2.24) is 13.9 Å². The Kier molecular flexibility index (Phi) is 2.66. The van der Waals surface area contributed by atoms with Crippen LogP contribution in [-0.4, -0.2) is 19.8 Å². The van der Waals surface area contributed by atoms with Gasteiger partial charge in [0.25, 0.3) is 0 Å². The van der Waals surface area contributed by atoms with E-state index in [-0.39, 0.29) is 11.8 Å². The Morgan fingerprint density at radius 2 is 2.44 bits per heavy atom. The van der Waals surface area contributed by atoms with Gasteiger partial charge in [-0.2, -0.15) is 4.37 Å². The number of carbonyl (C=O) groups excluding carboxylic acids is 1. The summed E-state index contributed by atoms with van der Waals surface area (Å²) < 4.78 is 6.43. The van der Waals surface area contributed by atoms with Crippen LogP contribution in [0.4, 0.5) is 5.00 Å². The fourth-order valence-corrected chi connectivity index (χ4v) is 3.35. The molecule has 6 heteroatoms. The van der Waals surface area contributed by atoms with E-state index >= 15 is 0 Å². The van der Waals surface area contributed by atoms with Gasteiger partial charge in [0.1, 0.15) is 5.00 Å². The molecule has 1 amide bonds.